The summed E-state index contributed by atoms with van der Waals surface area (Å²) in [6.45, 7) is 3.75. The number of aryl methyl sites for hydroxylation is 1. The van der Waals surface area contributed by atoms with Gasteiger partial charge in [0, 0.05) is 32.9 Å². The van der Waals surface area contributed by atoms with Crippen molar-refractivity contribution in [1.82, 2.24) is 9.62 Å². The van der Waals surface area contributed by atoms with E-state index in [0.717, 1.165) is 10.8 Å². The Balaban J connectivity index is 2.10. The molecule has 1 aliphatic rings. The van der Waals surface area contributed by atoms with E-state index in [0.29, 0.717) is 24.4 Å². The molecule has 1 atom stereocenters. The number of benzene rings is 1. The minimum atomic E-state index is -3.55. The van der Waals surface area contributed by atoms with Crippen molar-refractivity contribution in [2.45, 2.75) is 24.3 Å². The molecule has 1 aromatic rings. The highest BCUT2D eigenvalue weighted by Gasteiger charge is 2.21. The van der Waals surface area contributed by atoms with Crippen LogP contribution in [-0.2, 0) is 19.6 Å². The fraction of sp³-hybridized carbons (Fsp3) is 0.533. The van der Waals surface area contributed by atoms with Gasteiger partial charge in [-0.05, 0) is 24.6 Å². The quantitative estimate of drug-likeness (QED) is 0.817. The number of anilines is 1. The highest BCUT2D eigenvalue weighted by Crippen LogP contribution is 2.22. The summed E-state index contributed by atoms with van der Waals surface area (Å²) in [5.41, 5.74) is 1.10. The van der Waals surface area contributed by atoms with Gasteiger partial charge in [-0.3, -0.25) is 4.79 Å². The maximum absolute atomic E-state index is 12.3. The molecule has 2 rings (SSSR count). The molecule has 0 aliphatic carbocycles. The summed E-state index contributed by atoms with van der Waals surface area (Å²) in [7, 11) is -0.587. The standard InChI is InChI=1S/C15H23N3O4S/c1-11-4-5-12(8-14(11)23(20,21)18(2)3)17-15(19)9-13-10-16-6-7-22-13/h4-5,8,13,16H,6-7,9-10H2,1-3H3,(H,17,19). The van der Waals surface area contributed by atoms with E-state index in [-0.39, 0.29) is 23.3 Å². The van der Waals surface area contributed by atoms with Gasteiger partial charge in [-0.1, -0.05) is 6.07 Å². The zero-order valence-corrected chi connectivity index (χ0v) is 14.4. The smallest absolute Gasteiger partial charge is 0.242 e. The normalized spacial score (nSPS) is 18.9. The molecule has 0 radical (unpaired) electrons. The topological polar surface area (TPSA) is 87.7 Å². The fourth-order valence-corrected chi connectivity index (χ4v) is 3.47. The van der Waals surface area contributed by atoms with Gasteiger partial charge >= 0.3 is 0 Å². The van der Waals surface area contributed by atoms with Crippen LogP contribution in [0, 0.1) is 6.92 Å². The molecule has 1 saturated heterocycles. The molecule has 2 N–H and O–H groups in total. The van der Waals surface area contributed by atoms with Crippen molar-refractivity contribution in [3.05, 3.63) is 23.8 Å². The van der Waals surface area contributed by atoms with Gasteiger partial charge in [0.15, 0.2) is 0 Å². The van der Waals surface area contributed by atoms with E-state index in [1.54, 1.807) is 19.1 Å². The Morgan fingerprint density at radius 1 is 1.43 bits per heavy atom. The van der Waals surface area contributed by atoms with Crippen LogP contribution in [0.25, 0.3) is 0 Å². The summed E-state index contributed by atoms with van der Waals surface area (Å²) in [4.78, 5) is 12.3. The maximum Gasteiger partial charge on any atom is 0.242 e. The van der Waals surface area contributed by atoms with Gasteiger partial charge in [-0.25, -0.2) is 12.7 Å². The molecule has 1 aromatic carbocycles. The number of rotatable bonds is 5. The van der Waals surface area contributed by atoms with Crippen molar-refractivity contribution < 1.29 is 17.9 Å². The van der Waals surface area contributed by atoms with Crippen LogP contribution in [0.1, 0.15) is 12.0 Å². The third-order valence-corrected chi connectivity index (χ3v) is 5.61. The fourth-order valence-electron chi connectivity index (χ4n) is 2.32. The number of nitrogens with one attached hydrogen (secondary N) is 2. The van der Waals surface area contributed by atoms with E-state index in [9.17, 15) is 13.2 Å². The predicted molar refractivity (Wildman–Crippen MR) is 87.9 cm³/mol. The lowest BCUT2D eigenvalue weighted by molar-refractivity contribution is -0.119. The van der Waals surface area contributed by atoms with E-state index in [4.69, 9.17) is 4.74 Å². The molecule has 0 saturated carbocycles. The summed E-state index contributed by atoms with van der Waals surface area (Å²) in [6.07, 6.45) is 0.0792. The minimum absolute atomic E-state index is 0.154. The second-order valence-corrected chi connectivity index (χ2v) is 7.84. The molecule has 1 aliphatic heterocycles. The second kappa shape index (κ2) is 7.39. The zero-order valence-electron chi connectivity index (χ0n) is 13.6. The maximum atomic E-state index is 12.3. The van der Waals surface area contributed by atoms with Crippen LogP contribution < -0.4 is 10.6 Å². The minimum Gasteiger partial charge on any atom is -0.375 e. The van der Waals surface area contributed by atoms with Crippen LogP contribution in [0.5, 0.6) is 0 Å². The molecule has 128 valence electrons. The van der Waals surface area contributed by atoms with Crippen LogP contribution in [0.3, 0.4) is 0 Å². The first-order chi connectivity index (χ1) is 10.8. The SMILES string of the molecule is Cc1ccc(NC(=O)CC2CNCCO2)cc1S(=O)(=O)N(C)C. The van der Waals surface area contributed by atoms with Crippen LogP contribution >= 0.6 is 0 Å². The lowest BCUT2D eigenvalue weighted by atomic mass is 10.2. The second-order valence-electron chi connectivity index (χ2n) is 5.72. The summed E-state index contributed by atoms with van der Waals surface area (Å²) in [5.74, 6) is -0.198. The average molecular weight is 341 g/mol. The third-order valence-electron chi connectivity index (χ3n) is 3.65. The van der Waals surface area contributed by atoms with Gasteiger partial charge in [0.2, 0.25) is 15.9 Å². The summed E-state index contributed by atoms with van der Waals surface area (Å²) >= 11 is 0. The van der Waals surface area contributed by atoms with Gasteiger partial charge in [-0.15, -0.1) is 0 Å². The number of morpholine rings is 1. The lowest BCUT2D eigenvalue weighted by Crippen LogP contribution is -2.40. The molecule has 1 fully saturated rings. The number of carbonyl (C=O) groups excluding carboxylic acids is 1. The zero-order chi connectivity index (χ0) is 17.0. The van der Waals surface area contributed by atoms with Gasteiger partial charge in [0.25, 0.3) is 0 Å². The van der Waals surface area contributed by atoms with Gasteiger partial charge in [0.05, 0.1) is 24.0 Å². The number of sulfonamides is 1. The van der Waals surface area contributed by atoms with E-state index < -0.39 is 10.0 Å². The first-order valence-corrected chi connectivity index (χ1v) is 8.90. The van der Waals surface area contributed by atoms with E-state index in [2.05, 4.69) is 10.6 Å². The van der Waals surface area contributed by atoms with E-state index in [1.165, 1.54) is 20.2 Å². The molecule has 0 spiro atoms. The Hall–Kier alpha value is -1.48. The molecule has 0 aromatic heterocycles. The lowest BCUT2D eigenvalue weighted by Gasteiger charge is -2.23. The molecule has 23 heavy (non-hydrogen) atoms. The average Bonchev–Trinajstić information content (AvgIpc) is 2.49. The molecule has 8 heteroatoms. The van der Waals surface area contributed by atoms with Crippen molar-refractivity contribution in [1.29, 1.82) is 0 Å². The van der Waals surface area contributed by atoms with Crippen molar-refractivity contribution >= 4 is 21.6 Å². The number of nitrogens with zero attached hydrogens (tertiary/aromatic N) is 1. The Morgan fingerprint density at radius 3 is 2.78 bits per heavy atom. The first kappa shape index (κ1) is 17.9. The Bertz CT molecular complexity index is 667. The molecule has 1 heterocycles. The first-order valence-electron chi connectivity index (χ1n) is 7.46. The summed E-state index contributed by atoms with van der Waals surface area (Å²) in [6, 6.07) is 4.87. The molecular weight excluding hydrogens is 318 g/mol. The molecule has 1 amide bonds. The number of hydrogen-bond donors (Lipinski definition) is 2. The van der Waals surface area contributed by atoms with E-state index >= 15 is 0 Å². The van der Waals surface area contributed by atoms with Gasteiger partial charge < -0.3 is 15.4 Å². The third kappa shape index (κ3) is 4.51. The van der Waals surface area contributed by atoms with E-state index in [1.807, 2.05) is 0 Å². The Morgan fingerprint density at radius 2 is 2.17 bits per heavy atom. The van der Waals surface area contributed by atoms with Crippen molar-refractivity contribution in [2.75, 3.05) is 39.1 Å². The van der Waals surface area contributed by atoms with Crippen LogP contribution in [0.15, 0.2) is 23.1 Å². The molecule has 0 bridgehead atoms. The molecular formula is C15H23N3O4S. The van der Waals surface area contributed by atoms with Gasteiger partial charge in [-0.2, -0.15) is 0 Å². The summed E-state index contributed by atoms with van der Waals surface area (Å²) < 4.78 is 31.2. The highest BCUT2D eigenvalue weighted by molar-refractivity contribution is 7.89. The number of carbonyl (C=O) groups is 1. The van der Waals surface area contributed by atoms with Crippen molar-refractivity contribution in [3.63, 3.8) is 0 Å². The predicted octanol–water partition coefficient (Wildman–Crippen LogP) is 0.562. The van der Waals surface area contributed by atoms with Crippen LogP contribution in [0.2, 0.25) is 0 Å². The van der Waals surface area contributed by atoms with Crippen LogP contribution in [0.4, 0.5) is 5.69 Å². The molecule has 1 unspecified atom stereocenters. The summed E-state index contributed by atoms with van der Waals surface area (Å²) in [5, 5.41) is 5.90. The Labute approximate surface area is 137 Å². The van der Waals surface area contributed by atoms with Crippen LogP contribution in [-0.4, -0.2) is 58.5 Å². The van der Waals surface area contributed by atoms with Crippen molar-refractivity contribution in [2.24, 2.45) is 0 Å². The van der Waals surface area contributed by atoms with Crippen molar-refractivity contribution in [3.8, 4) is 0 Å². The molecule has 7 nitrogen and oxygen atoms in total. The largest absolute Gasteiger partial charge is 0.375 e. The number of hydrogen-bond acceptors (Lipinski definition) is 5. The Kier molecular flexibility index (Phi) is 5.74. The van der Waals surface area contributed by atoms with Gasteiger partial charge in [0.1, 0.15) is 0 Å². The number of amides is 1. The highest BCUT2D eigenvalue weighted by atomic mass is 32.2. The number of ether oxygens (including phenoxy) is 1. The monoisotopic (exact) mass is 341 g/mol.